The quantitative estimate of drug-likeness (QED) is 0.454. The fourth-order valence-electron chi connectivity index (χ4n) is 3.49. The molecule has 0 bridgehead atoms. The van der Waals surface area contributed by atoms with Crippen LogP contribution < -0.4 is 14.8 Å². The second-order valence-electron chi connectivity index (χ2n) is 7.05. The van der Waals surface area contributed by atoms with E-state index in [0.717, 1.165) is 25.7 Å². The number of aryl methyl sites for hydroxylation is 2. The Labute approximate surface area is 172 Å². The van der Waals surface area contributed by atoms with E-state index in [9.17, 15) is 14.4 Å². The monoisotopic (exact) mass is 415 g/mol. The average Bonchev–Trinajstić information content (AvgIpc) is 3.26. The predicted molar refractivity (Wildman–Crippen MR) is 107 cm³/mol. The Kier molecular flexibility index (Phi) is 5.53. The molecule has 2 heterocycles. The highest BCUT2D eigenvalue weighted by Gasteiger charge is 2.22. The van der Waals surface area contributed by atoms with Gasteiger partial charge in [0.15, 0.2) is 23.9 Å². The second-order valence-corrected chi connectivity index (χ2v) is 8.19. The van der Waals surface area contributed by atoms with Crippen LogP contribution >= 0.6 is 11.3 Å². The predicted octanol–water partition coefficient (Wildman–Crippen LogP) is 3.74. The normalized spacial score (nSPS) is 14.7. The molecule has 0 saturated carbocycles. The summed E-state index contributed by atoms with van der Waals surface area (Å²) in [4.78, 5) is 38.3. The van der Waals surface area contributed by atoms with Crippen molar-refractivity contribution >= 4 is 34.7 Å². The summed E-state index contributed by atoms with van der Waals surface area (Å²) in [7, 11) is 0. The zero-order valence-electron chi connectivity index (χ0n) is 16.0. The van der Waals surface area contributed by atoms with Gasteiger partial charge in [-0.3, -0.25) is 9.59 Å². The minimum absolute atomic E-state index is 0.0620. The molecule has 0 atom stereocenters. The molecule has 8 heteroatoms. The van der Waals surface area contributed by atoms with E-state index in [2.05, 4.69) is 5.32 Å². The van der Waals surface area contributed by atoms with Crippen molar-refractivity contribution in [2.75, 3.05) is 18.7 Å². The van der Waals surface area contributed by atoms with E-state index in [1.165, 1.54) is 47.3 Å². The number of esters is 1. The van der Waals surface area contributed by atoms with Gasteiger partial charge in [-0.1, -0.05) is 6.42 Å². The Morgan fingerprint density at radius 3 is 2.62 bits per heavy atom. The van der Waals surface area contributed by atoms with Gasteiger partial charge in [-0.05, 0) is 50.3 Å². The topological polar surface area (TPSA) is 90.9 Å². The third-order valence-electron chi connectivity index (χ3n) is 4.95. The summed E-state index contributed by atoms with van der Waals surface area (Å²) in [5.41, 5.74) is 1.82. The molecule has 1 aliphatic heterocycles. The van der Waals surface area contributed by atoms with E-state index in [0.29, 0.717) is 27.6 Å². The van der Waals surface area contributed by atoms with Crippen LogP contribution in [0, 0.1) is 0 Å². The largest absolute Gasteiger partial charge is 0.454 e. The smallest absolute Gasteiger partial charge is 0.348 e. The fraction of sp³-hybridized carbons (Fsp3) is 0.381. The highest BCUT2D eigenvalue weighted by molar-refractivity contribution is 7.14. The van der Waals surface area contributed by atoms with Crippen molar-refractivity contribution in [3.63, 3.8) is 0 Å². The number of thiophene rings is 1. The van der Waals surface area contributed by atoms with Crippen molar-refractivity contribution in [1.82, 2.24) is 0 Å². The molecule has 29 heavy (non-hydrogen) atoms. The number of rotatable bonds is 5. The molecule has 0 saturated heterocycles. The Morgan fingerprint density at radius 2 is 1.83 bits per heavy atom. The van der Waals surface area contributed by atoms with Crippen molar-refractivity contribution in [1.29, 1.82) is 0 Å². The lowest BCUT2D eigenvalue weighted by atomic mass is 10.1. The van der Waals surface area contributed by atoms with Gasteiger partial charge in [0.25, 0.3) is 5.91 Å². The number of amides is 1. The molecule has 2 aliphatic rings. The van der Waals surface area contributed by atoms with Gasteiger partial charge in [0.2, 0.25) is 6.79 Å². The van der Waals surface area contributed by atoms with Crippen molar-refractivity contribution < 1.29 is 28.6 Å². The third kappa shape index (κ3) is 4.27. The van der Waals surface area contributed by atoms with Gasteiger partial charge in [0.05, 0.1) is 5.69 Å². The van der Waals surface area contributed by atoms with Gasteiger partial charge in [-0.25, -0.2) is 4.79 Å². The first-order valence-corrected chi connectivity index (χ1v) is 10.4. The van der Waals surface area contributed by atoms with E-state index < -0.39 is 18.5 Å². The lowest BCUT2D eigenvalue weighted by molar-refractivity contribution is -0.119. The zero-order chi connectivity index (χ0) is 20.4. The molecule has 1 aromatic heterocycles. The highest BCUT2D eigenvalue weighted by atomic mass is 32.1. The molecule has 152 valence electrons. The fourth-order valence-corrected chi connectivity index (χ4v) is 4.64. The van der Waals surface area contributed by atoms with E-state index in [1.54, 1.807) is 0 Å². The number of benzene rings is 1. The van der Waals surface area contributed by atoms with Gasteiger partial charge < -0.3 is 19.5 Å². The minimum atomic E-state index is -0.530. The third-order valence-corrected chi connectivity index (χ3v) is 6.17. The molecule has 2 aromatic rings. The maximum absolute atomic E-state index is 12.4. The lowest BCUT2D eigenvalue weighted by Crippen LogP contribution is -2.21. The number of Topliss-reactive ketones (excluding diaryl/α,β-unsaturated/α-hetero) is 1. The number of hydrogen-bond donors (Lipinski definition) is 1. The van der Waals surface area contributed by atoms with Crippen LogP contribution in [0.4, 0.5) is 5.69 Å². The molecular weight excluding hydrogens is 394 g/mol. The first kappa shape index (κ1) is 19.4. The number of ketones is 1. The maximum atomic E-state index is 12.4. The molecule has 1 aliphatic carbocycles. The van der Waals surface area contributed by atoms with Gasteiger partial charge in [0.1, 0.15) is 4.88 Å². The lowest BCUT2D eigenvalue weighted by Gasteiger charge is -2.10. The van der Waals surface area contributed by atoms with Crippen LogP contribution in [0.2, 0.25) is 0 Å². The minimum Gasteiger partial charge on any atom is -0.454 e. The summed E-state index contributed by atoms with van der Waals surface area (Å²) in [5.74, 6) is -0.358. The number of nitrogens with one attached hydrogen (secondary N) is 1. The summed E-state index contributed by atoms with van der Waals surface area (Å²) >= 11 is 1.45. The van der Waals surface area contributed by atoms with Crippen molar-refractivity contribution in [2.45, 2.75) is 39.0 Å². The molecule has 0 fully saturated rings. The van der Waals surface area contributed by atoms with Gasteiger partial charge in [0, 0.05) is 16.5 Å². The molecule has 0 spiro atoms. The number of fused-ring (bicyclic) bond motifs is 2. The number of ether oxygens (including phenoxy) is 3. The molecule has 1 N–H and O–H groups in total. The second kappa shape index (κ2) is 8.24. The van der Waals surface area contributed by atoms with Crippen LogP contribution in [-0.4, -0.2) is 31.1 Å². The van der Waals surface area contributed by atoms with Crippen LogP contribution in [0.1, 0.15) is 56.7 Å². The average molecular weight is 415 g/mol. The summed E-state index contributed by atoms with van der Waals surface area (Å²) in [6, 6.07) is 4.96. The molecule has 4 rings (SSSR count). The van der Waals surface area contributed by atoms with Crippen LogP contribution in [0.25, 0.3) is 0 Å². The van der Waals surface area contributed by atoms with Gasteiger partial charge in [-0.15, -0.1) is 11.3 Å². The summed E-state index contributed by atoms with van der Waals surface area (Å²) in [6.07, 6.45) is 5.46. The summed E-state index contributed by atoms with van der Waals surface area (Å²) in [5, 5.41) is 2.62. The van der Waals surface area contributed by atoms with Crippen LogP contribution in [-0.2, 0) is 22.4 Å². The Hall–Kier alpha value is -2.87. The zero-order valence-corrected chi connectivity index (χ0v) is 16.9. The van der Waals surface area contributed by atoms with Crippen molar-refractivity contribution in [3.05, 3.63) is 39.1 Å². The van der Waals surface area contributed by atoms with E-state index in [1.807, 2.05) is 6.07 Å². The standard InChI is InChI=1S/C21H21NO6S/c1-12(23)14-8-16-17(28-11-27-16)9-15(14)22-20(24)10-26-21(25)19-7-13-5-3-2-4-6-18(13)29-19/h7-9H,2-6,10-11H2,1H3,(H,22,24). The molecule has 0 unspecified atom stereocenters. The van der Waals surface area contributed by atoms with Gasteiger partial charge >= 0.3 is 5.97 Å². The van der Waals surface area contributed by atoms with Crippen molar-refractivity contribution in [2.24, 2.45) is 0 Å². The molecule has 1 amide bonds. The van der Waals surface area contributed by atoms with Crippen LogP contribution in [0.3, 0.4) is 0 Å². The number of hydrogen-bond acceptors (Lipinski definition) is 7. The summed E-state index contributed by atoms with van der Waals surface area (Å²) < 4.78 is 15.7. The SMILES string of the molecule is CC(=O)c1cc2c(cc1NC(=O)COC(=O)c1cc3c(s1)CCCCC3)OCO2. The highest BCUT2D eigenvalue weighted by Crippen LogP contribution is 2.37. The number of carbonyl (C=O) groups excluding carboxylic acids is 3. The molecule has 0 radical (unpaired) electrons. The Bertz CT molecular complexity index is 956. The Balaban J connectivity index is 1.39. The van der Waals surface area contributed by atoms with Crippen LogP contribution in [0.15, 0.2) is 18.2 Å². The Morgan fingerprint density at radius 1 is 1.07 bits per heavy atom. The van der Waals surface area contributed by atoms with E-state index >= 15 is 0 Å². The summed E-state index contributed by atoms with van der Waals surface area (Å²) in [6.45, 7) is 1.02. The van der Waals surface area contributed by atoms with E-state index in [4.69, 9.17) is 14.2 Å². The van der Waals surface area contributed by atoms with Crippen LogP contribution in [0.5, 0.6) is 11.5 Å². The van der Waals surface area contributed by atoms with E-state index in [-0.39, 0.29) is 12.6 Å². The number of carbonyl (C=O) groups is 3. The van der Waals surface area contributed by atoms with Crippen molar-refractivity contribution in [3.8, 4) is 11.5 Å². The maximum Gasteiger partial charge on any atom is 0.348 e. The molecule has 7 nitrogen and oxygen atoms in total. The molecular formula is C21H21NO6S. The number of anilines is 1. The first-order chi connectivity index (χ1) is 14.0. The first-order valence-electron chi connectivity index (χ1n) is 9.54. The van der Waals surface area contributed by atoms with Gasteiger partial charge in [-0.2, -0.15) is 0 Å². The molecule has 1 aromatic carbocycles.